The van der Waals surface area contributed by atoms with Gasteiger partial charge in [0.25, 0.3) is 0 Å². The molecule has 1 aromatic carbocycles. The van der Waals surface area contributed by atoms with Crippen molar-refractivity contribution in [3.63, 3.8) is 0 Å². The van der Waals surface area contributed by atoms with Crippen LogP contribution in [0.3, 0.4) is 0 Å². The summed E-state index contributed by atoms with van der Waals surface area (Å²) in [5.41, 5.74) is 2.37. The van der Waals surface area contributed by atoms with Crippen LogP contribution < -0.4 is 0 Å². The largest absolute Gasteiger partial charge is 0.461 e. The number of fused-ring (bicyclic) bond motifs is 2. The summed E-state index contributed by atoms with van der Waals surface area (Å²) in [6.45, 7) is 4.95. The van der Waals surface area contributed by atoms with Crippen molar-refractivity contribution in [1.29, 1.82) is 0 Å². The Balaban J connectivity index is 1.58. The number of carbonyl (C=O) groups excluding carboxylic acids is 1. The molecule has 6 nitrogen and oxygen atoms in total. The van der Waals surface area contributed by atoms with Gasteiger partial charge >= 0.3 is 5.97 Å². The minimum atomic E-state index is -0.380. The Labute approximate surface area is 162 Å². The van der Waals surface area contributed by atoms with E-state index in [1.807, 2.05) is 11.3 Å². The normalized spacial score (nSPS) is 14.4. The molecule has 0 spiro atoms. The first-order valence-electron chi connectivity index (χ1n) is 9.26. The zero-order valence-corrected chi connectivity index (χ0v) is 16.2. The number of esters is 1. The molecule has 0 bridgehead atoms. The summed E-state index contributed by atoms with van der Waals surface area (Å²) in [4.78, 5) is 16.0. The fourth-order valence-electron chi connectivity index (χ4n) is 3.66. The SMILES string of the molecule is CCOC(=O)c1nn(CCO)c2c1CN(Cc1cc3ccccc3s1)CC2. The molecule has 1 N–H and O–H groups in total. The van der Waals surface area contributed by atoms with Crippen molar-refractivity contribution in [2.24, 2.45) is 0 Å². The lowest BCUT2D eigenvalue weighted by molar-refractivity contribution is 0.0515. The molecule has 3 heterocycles. The highest BCUT2D eigenvalue weighted by Gasteiger charge is 2.28. The van der Waals surface area contributed by atoms with Crippen LogP contribution in [-0.4, -0.2) is 45.5 Å². The van der Waals surface area contributed by atoms with Gasteiger partial charge in [0.1, 0.15) is 0 Å². The molecule has 0 radical (unpaired) electrons. The number of hydrogen-bond acceptors (Lipinski definition) is 6. The first-order valence-corrected chi connectivity index (χ1v) is 10.1. The predicted molar refractivity (Wildman–Crippen MR) is 105 cm³/mol. The third-order valence-electron chi connectivity index (χ3n) is 4.85. The monoisotopic (exact) mass is 385 g/mol. The molecule has 0 fully saturated rings. The van der Waals surface area contributed by atoms with Gasteiger partial charge < -0.3 is 9.84 Å². The van der Waals surface area contributed by atoms with Crippen LogP contribution in [0.15, 0.2) is 30.3 Å². The van der Waals surface area contributed by atoms with Crippen molar-refractivity contribution in [1.82, 2.24) is 14.7 Å². The Morgan fingerprint density at radius 1 is 1.37 bits per heavy atom. The van der Waals surface area contributed by atoms with Gasteiger partial charge in [0.15, 0.2) is 5.69 Å². The number of hydrogen-bond donors (Lipinski definition) is 1. The second-order valence-corrected chi connectivity index (χ2v) is 7.82. The first-order chi connectivity index (χ1) is 13.2. The molecule has 1 aliphatic rings. The average molecular weight is 385 g/mol. The highest BCUT2D eigenvalue weighted by atomic mass is 32.1. The average Bonchev–Trinajstić information content (AvgIpc) is 3.23. The maximum Gasteiger partial charge on any atom is 0.359 e. The third-order valence-corrected chi connectivity index (χ3v) is 5.95. The van der Waals surface area contributed by atoms with Gasteiger partial charge in [-0.05, 0) is 24.4 Å². The van der Waals surface area contributed by atoms with Gasteiger partial charge in [-0.3, -0.25) is 9.58 Å². The summed E-state index contributed by atoms with van der Waals surface area (Å²) in [6, 6.07) is 10.7. The summed E-state index contributed by atoms with van der Waals surface area (Å²) in [5.74, 6) is -0.380. The number of carbonyl (C=O) groups is 1. The number of thiophene rings is 1. The van der Waals surface area contributed by atoms with Crippen molar-refractivity contribution in [2.75, 3.05) is 19.8 Å². The number of aliphatic hydroxyl groups excluding tert-OH is 1. The second kappa shape index (κ2) is 7.80. The molecule has 0 saturated heterocycles. The lowest BCUT2D eigenvalue weighted by atomic mass is 10.0. The van der Waals surface area contributed by atoms with Crippen molar-refractivity contribution in [2.45, 2.75) is 33.0 Å². The number of ether oxygens (including phenoxy) is 1. The molecule has 3 aromatic rings. The lowest BCUT2D eigenvalue weighted by Crippen LogP contribution is -2.31. The minimum absolute atomic E-state index is 0.00187. The molecule has 27 heavy (non-hydrogen) atoms. The van der Waals surface area contributed by atoms with Gasteiger partial charge in [0.2, 0.25) is 0 Å². The Hall–Kier alpha value is -2.22. The van der Waals surface area contributed by atoms with Crippen molar-refractivity contribution >= 4 is 27.4 Å². The van der Waals surface area contributed by atoms with Crippen LogP contribution in [0.25, 0.3) is 10.1 Å². The van der Waals surface area contributed by atoms with E-state index in [4.69, 9.17) is 4.74 Å². The molecule has 0 unspecified atom stereocenters. The molecule has 7 heteroatoms. The number of aromatic nitrogens is 2. The fraction of sp³-hybridized carbons (Fsp3) is 0.400. The zero-order chi connectivity index (χ0) is 18.8. The van der Waals surface area contributed by atoms with E-state index in [0.717, 1.165) is 30.8 Å². The summed E-state index contributed by atoms with van der Waals surface area (Å²) in [6.07, 6.45) is 0.812. The number of rotatable bonds is 6. The first kappa shape index (κ1) is 18.2. The summed E-state index contributed by atoms with van der Waals surface area (Å²) in [7, 11) is 0. The van der Waals surface area contributed by atoms with Crippen LogP contribution in [0.2, 0.25) is 0 Å². The number of benzene rings is 1. The molecule has 0 amide bonds. The Kier molecular flexibility index (Phi) is 5.24. The Morgan fingerprint density at radius 3 is 3.00 bits per heavy atom. The second-order valence-electron chi connectivity index (χ2n) is 6.65. The van der Waals surface area contributed by atoms with Crippen molar-refractivity contribution < 1.29 is 14.6 Å². The lowest BCUT2D eigenvalue weighted by Gasteiger charge is -2.27. The smallest absolute Gasteiger partial charge is 0.359 e. The van der Waals surface area contributed by atoms with Crippen LogP contribution >= 0.6 is 11.3 Å². The standard InChI is InChI=1S/C20H23N3O3S/c1-2-26-20(25)19-16-13-22(8-7-17(16)23(21-19)9-10-24)12-15-11-14-5-3-4-6-18(14)27-15/h3-6,11,24H,2,7-10,12-13H2,1H3. The van der Waals surface area contributed by atoms with E-state index in [1.165, 1.54) is 15.0 Å². The molecule has 1 aliphatic heterocycles. The maximum absolute atomic E-state index is 12.3. The topological polar surface area (TPSA) is 67.6 Å². The minimum Gasteiger partial charge on any atom is -0.461 e. The van der Waals surface area contributed by atoms with Crippen molar-refractivity contribution in [3.05, 3.63) is 52.2 Å². The molecule has 4 rings (SSSR count). The predicted octanol–water partition coefficient (Wildman–Crippen LogP) is 2.83. The Morgan fingerprint density at radius 2 is 2.22 bits per heavy atom. The van der Waals surface area contributed by atoms with Gasteiger partial charge in [0.05, 0.1) is 19.8 Å². The van der Waals surface area contributed by atoms with Gasteiger partial charge in [-0.15, -0.1) is 11.3 Å². The van der Waals surface area contributed by atoms with E-state index in [9.17, 15) is 9.90 Å². The third kappa shape index (κ3) is 3.63. The van der Waals surface area contributed by atoms with E-state index in [1.54, 1.807) is 11.6 Å². The van der Waals surface area contributed by atoms with E-state index in [0.29, 0.717) is 25.4 Å². The summed E-state index contributed by atoms with van der Waals surface area (Å²) in [5, 5.41) is 15.0. The van der Waals surface area contributed by atoms with Crippen LogP contribution in [0.4, 0.5) is 0 Å². The quantitative estimate of drug-likeness (QED) is 0.661. The summed E-state index contributed by atoms with van der Waals surface area (Å²) < 4.78 is 8.25. The molecule has 0 atom stereocenters. The molecule has 0 aliphatic carbocycles. The van der Waals surface area contributed by atoms with Crippen LogP contribution in [0.5, 0.6) is 0 Å². The van der Waals surface area contributed by atoms with Gasteiger partial charge in [0, 0.05) is 46.9 Å². The van der Waals surface area contributed by atoms with E-state index in [2.05, 4.69) is 40.3 Å². The van der Waals surface area contributed by atoms with E-state index in [-0.39, 0.29) is 12.6 Å². The highest BCUT2D eigenvalue weighted by Crippen LogP contribution is 2.29. The van der Waals surface area contributed by atoms with Crippen molar-refractivity contribution in [3.8, 4) is 0 Å². The maximum atomic E-state index is 12.3. The fourth-order valence-corrected chi connectivity index (χ4v) is 4.77. The highest BCUT2D eigenvalue weighted by molar-refractivity contribution is 7.19. The van der Waals surface area contributed by atoms with Crippen LogP contribution in [0.1, 0.15) is 33.5 Å². The van der Waals surface area contributed by atoms with Crippen LogP contribution in [-0.2, 0) is 30.8 Å². The number of aliphatic hydroxyl groups is 1. The Bertz CT molecular complexity index is 930. The molecule has 142 valence electrons. The van der Waals surface area contributed by atoms with E-state index < -0.39 is 0 Å². The molecular formula is C20H23N3O3S. The zero-order valence-electron chi connectivity index (χ0n) is 15.4. The molecule has 0 saturated carbocycles. The van der Waals surface area contributed by atoms with Gasteiger partial charge in [-0.2, -0.15) is 5.10 Å². The molecule has 2 aromatic heterocycles. The van der Waals surface area contributed by atoms with Gasteiger partial charge in [-0.25, -0.2) is 4.79 Å². The molecular weight excluding hydrogens is 362 g/mol. The van der Waals surface area contributed by atoms with Gasteiger partial charge in [-0.1, -0.05) is 18.2 Å². The number of nitrogens with zero attached hydrogens (tertiary/aromatic N) is 3. The summed E-state index contributed by atoms with van der Waals surface area (Å²) >= 11 is 1.82. The van der Waals surface area contributed by atoms with E-state index >= 15 is 0 Å². The van der Waals surface area contributed by atoms with Crippen LogP contribution in [0, 0.1) is 0 Å².